The third-order valence-electron chi connectivity index (χ3n) is 5.50. The molecular formula is C20H20F3N5O3S. The molecule has 0 radical (unpaired) electrons. The SMILES string of the molecule is COCN=C(C)c1cc(-c2nccs2)c2oc(N3CC4CC(C3)N4)nc2c1OC(F)(F)F. The van der Waals surface area contributed by atoms with Crippen LogP contribution in [0.2, 0.25) is 0 Å². The second kappa shape index (κ2) is 8.01. The lowest BCUT2D eigenvalue weighted by molar-refractivity contribution is -0.274. The van der Waals surface area contributed by atoms with Crippen molar-refractivity contribution in [1.29, 1.82) is 0 Å². The maximum Gasteiger partial charge on any atom is 0.573 e. The van der Waals surface area contributed by atoms with Crippen molar-refractivity contribution in [3.05, 3.63) is 23.2 Å². The third kappa shape index (κ3) is 3.93. The summed E-state index contributed by atoms with van der Waals surface area (Å²) in [6, 6.07) is 2.48. The Morgan fingerprint density at radius 3 is 2.75 bits per heavy atom. The number of hydrogen-bond acceptors (Lipinski definition) is 9. The first kappa shape index (κ1) is 21.2. The minimum Gasteiger partial charge on any atom is -0.422 e. The van der Waals surface area contributed by atoms with E-state index in [2.05, 4.69) is 25.0 Å². The number of aromatic nitrogens is 2. The summed E-state index contributed by atoms with van der Waals surface area (Å²) in [4.78, 5) is 14.9. The number of benzene rings is 1. The Kier molecular flexibility index (Phi) is 5.30. The number of halogens is 3. The number of piperazine rings is 1. The highest BCUT2D eigenvalue weighted by molar-refractivity contribution is 7.13. The molecule has 12 heteroatoms. The molecule has 3 aliphatic heterocycles. The van der Waals surface area contributed by atoms with Gasteiger partial charge in [0.25, 0.3) is 6.01 Å². The highest BCUT2D eigenvalue weighted by atomic mass is 32.1. The maximum absolute atomic E-state index is 13.4. The monoisotopic (exact) mass is 467 g/mol. The van der Waals surface area contributed by atoms with Gasteiger partial charge in [0, 0.05) is 55.1 Å². The predicted molar refractivity (Wildman–Crippen MR) is 113 cm³/mol. The summed E-state index contributed by atoms with van der Waals surface area (Å²) in [5, 5.41) is 5.80. The van der Waals surface area contributed by atoms with Crippen molar-refractivity contribution in [1.82, 2.24) is 15.3 Å². The first-order valence-corrected chi connectivity index (χ1v) is 10.8. The van der Waals surface area contributed by atoms with Gasteiger partial charge in [0.05, 0.1) is 5.56 Å². The number of anilines is 1. The number of methoxy groups -OCH3 is 1. The summed E-state index contributed by atoms with van der Waals surface area (Å²) in [6.07, 6.45) is -2.22. The Balaban J connectivity index is 1.71. The highest BCUT2D eigenvalue weighted by Crippen LogP contribution is 2.43. The molecule has 2 unspecified atom stereocenters. The number of alkyl halides is 3. The van der Waals surface area contributed by atoms with E-state index in [0.717, 1.165) is 6.42 Å². The molecule has 170 valence electrons. The molecule has 0 amide bonds. The Morgan fingerprint density at radius 2 is 2.12 bits per heavy atom. The summed E-state index contributed by atoms with van der Waals surface area (Å²) in [6.45, 7) is 2.94. The molecule has 3 saturated heterocycles. The van der Waals surface area contributed by atoms with Crippen LogP contribution in [0.25, 0.3) is 21.7 Å². The van der Waals surface area contributed by atoms with E-state index in [1.54, 1.807) is 24.6 Å². The fourth-order valence-electron chi connectivity index (χ4n) is 4.10. The average Bonchev–Trinajstić information content (AvgIpc) is 3.41. The van der Waals surface area contributed by atoms with E-state index in [4.69, 9.17) is 9.15 Å². The van der Waals surface area contributed by atoms with E-state index in [0.29, 0.717) is 41.5 Å². The molecule has 3 aromatic rings. The number of fused-ring (bicyclic) bond motifs is 3. The van der Waals surface area contributed by atoms with Crippen LogP contribution in [0, 0.1) is 0 Å². The van der Waals surface area contributed by atoms with Crippen LogP contribution in [0.3, 0.4) is 0 Å². The number of hydrogen-bond donors (Lipinski definition) is 1. The van der Waals surface area contributed by atoms with Crippen molar-refractivity contribution in [2.24, 2.45) is 4.99 Å². The smallest absolute Gasteiger partial charge is 0.422 e. The van der Waals surface area contributed by atoms with Gasteiger partial charge in [-0.15, -0.1) is 24.5 Å². The molecule has 2 atom stereocenters. The molecule has 8 nitrogen and oxygen atoms in total. The normalized spacial score (nSPS) is 21.2. The van der Waals surface area contributed by atoms with Crippen LogP contribution in [0.5, 0.6) is 5.75 Å². The molecule has 0 aliphatic carbocycles. The Hall–Kier alpha value is -2.70. The molecule has 3 aliphatic rings. The Bertz CT molecular complexity index is 1150. The molecule has 2 aromatic heterocycles. The number of aliphatic imine (C=N–C) groups is 1. The van der Waals surface area contributed by atoms with Crippen molar-refractivity contribution in [3.63, 3.8) is 0 Å². The summed E-state index contributed by atoms with van der Waals surface area (Å²) in [5.74, 6) is -0.444. The van der Waals surface area contributed by atoms with Crippen LogP contribution in [0.15, 0.2) is 27.1 Å². The van der Waals surface area contributed by atoms with Gasteiger partial charge in [-0.1, -0.05) is 0 Å². The van der Waals surface area contributed by atoms with E-state index >= 15 is 0 Å². The van der Waals surface area contributed by atoms with Gasteiger partial charge >= 0.3 is 6.36 Å². The topological polar surface area (TPSA) is 85.0 Å². The summed E-state index contributed by atoms with van der Waals surface area (Å²) in [7, 11) is 1.45. The zero-order valence-electron chi connectivity index (χ0n) is 17.3. The third-order valence-corrected chi connectivity index (χ3v) is 6.31. The fourth-order valence-corrected chi connectivity index (χ4v) is 4.75. The molecule has 5 heterocycles. The van der Waals surface area contributed by atoms with Crippen LogP contribution in [0.4, 0.5) is 19.2 Å². The van der Waals surface area contributed by atoms with Crippen molar-refractivity contribution < 1.29 is 27.1 Å². The van der Waals surface area contributed by atoms with Crippen molar-refractivity contribution in [3.8, 4) is 16.3 Å². The summed E-state index contributed by atoms with van der Waals surface area (Å²) in [5.41, 5.74) is 1.19. The molecule has 1 N–H and O–H groups in total. The van der Waals surface area contributed by atoms with Crippen molar-refractivity contribution in [2.45, 2.75) is 31.8 Å². The second-order valence-electron chi connectivity index (χ2n) is 7.72. The molecule has 0 spiro atoms. The van der Waals surface area contributed by atoms with Crippen LogP contribution in [-0.2, 0) is 4.74 Å². The van der Waals surface area contributed by atoms with Gasteiger partial charge in [-0.25, -0.2) is 4.98 Å². The molecular weight excluding hydrogens is 447 g/mol. The Labute approximate surface area is 185 Å². The standard InChI is InChI=1S/C20H20F3N5O3S/c1-10(25-9-29-2)13-6-14(18-24-3-4-32-18)16-15(17(13)31-20(21,22)23)27-19(30-16)28-7-11-5-12(8-28)26-11/h3-4,6,11-12,26H,5,7-9H2,1-2H3. The van der Waals surface area contributed by atoms with Crippen molar-refractivity contribution in [2.75, 3.05) is 31.8 Å². The number of piperidine rings is 1. The fraction of sp³-hybridized carbons (Fsp3) is 0.450. The number of rotatable bonds is 6. The van der Waals surface area contributed by atoms with Crippen molar-refractivity contribution >= 4 is 34.2 Å². The lowest BCUT2D eigenvalue weighted by Gasteiger charge is -2.47. The van der Waals surface area contributed by atoms with E-state index in [-0.39, 0.29) is 29.4 Å². The number of oxazole rings is 1. The Morgan fingerprint density at radius 1 is 1.38 bits per heavy atom. The predicted octanol–water partition coefficient (Wildman–Crippen LogP) is 3.81. The maximum atomic E-state index is 13.4. The lowest BCUT2D eigenvalue weighted by Crippen LogP contribution is -2.67. The van der Waals surface area contributed by atoms with Gasteiger partial charge in [-0.05, 0) is 19.4 Å². The lowest BCUT2D eigenvalue weighted by atomic mass is 9.92. The molecule has 0 saturated carbocycles. The van der Waals surface area contributed by atoms with E-state index < -0.39 is 12.1 Å². The van der Waals surface area contributed by atoms with Gasteiger partial charge < -0.3 is 24.1 Å². The molecule has 3 fully saturated rings. The average molecular weight is 467 g/mol. The van der Waals surface area contributed by atoms with Crippen LogP contribution < -0.4 is 15.0 Å². The zero-order chi connectivity index (χ0) is 22.5. The van der Waals surface area contributed by atoms with E-state index in [9.17, 15) is 13.2 Å². The minimum atomic E-state index is -4.91. The largest absolute Gasteiger partial charge is 0.573 e. The zero-order valence-corrected chi connectivity index (χ0v) is 18.1. The summed E-state index contributed by atoms with van der Waals surface area (Å²) < 4.78 is 55.6. The summed E-state index contributed by atoms with van der Waals surface area (Å²) >= 11 is 1.35. The molecule has 2 bridgehead atoms. The van der Waals surface area contributed by atoms with E-state index in [1.807, 2.05) is 4.90 Å². The highest BCUT2D eigenvalue weighted by Gasteiger charge is 2.39. The number of ether oxygens (including phenoxy) is 2. The molecule has 6 rings (SSSR count). The molecule has 32 heavy (non-hydrogen) atoms. The van der Waals surface area contributed by atoms with Gasteiger partial charge in [0.15, 0.2) is 16.8 Å². The number of nitrogens with zero attached hydrogens (tertiary/aromatic N) is 4. The molecule has 1 aromatic carbocycles. The van der Waals surface area contributed by atoms with Crippen LogP contribution in [0.1, 0.15) is 18.9 Å². The number of nitrogens with one attached hydrogen (secondary N) is 1. The van der Waals surface area contributed by atoms with Gasteiger partial charge in [-0.3, -0.25) is 4.99 Å². The van der Waals surface area contributed by atoms with Gasteiger partial charge in [0.1, 0.15) is 11.7 Å². The van der Waals surface area contributed by atoms with E-state index in [1.165, 1.54) is 18.4 Å². The van der Waals surface area contributed by atoms with Gasteiger partial charge in [0.2, 0.25) is 0 Å². The van der Waals surface area contributed by atoms with Crippen LogP contribution >= 0.6 is 11.3 Å². The van der Waals surface area contributed by atoms with Gasteiger partial charge in [-0.2, -0.15) is 4.98 Å². The minimum absolute atomic E-state index is 0.00443. The first-order chi connectivity index (χ1) is 15.3. The first-order valence-electron chi connectivity index (χ1n) is 9.97. The number of thiazole rings is 1. The quantitative estimate of drug-likeness (QED) is 0.552. The van der Waals surface area contributed by atoms with Crippen LogP contribution in [-0.4, -0.2) is 61.1 Å². The second-order valence-corrected chi connectivity index (χ2v) is 8.62.